The topological polar surface area (TPSA) is 49.8 Å². The number of ether oxygens (including phenoxy) is 1. The lowest BCUT2D eigenvalue weighted by molar-refractivity contribution is -0.139. The number of carboxylic acids is 1. The van der Waals surface area contributed by atoms with E-state index in [0.717, 1.165) is 23.8 Å². The minimum absolute atomic E-state index is 0.0387. The second-order valence-electron chi connectivity index (χ2n) is 8.24. The molecule has 8 heteroatoms. The van der Waals surface area contributed by atoms with Crippen LogP contribution >= 0.6 is 0 Å². The molecule has 0 aromatic heterocycles. The number of hydrogen-bond donors (Lipinski definition) is 1. The monoisotopic (exact) mass is 453 g/mol. The molecule has 174 valence electrons. The van der Waals surface area contributed by atoms with Gasteiger partial charge in [-0.25, -0.2) is 4.39 Å². The van der Waals surface area contributed by atoms with Crippen molar-refractivity contribution < 1.29 is 32.2 Å². The number of carboxylic acid groups (broad SMARTS) is 1. The van der Waals surface area contributed by atoms with Crippen LogP contribution in [-0.4, -0.2) is 35.7 Å². The first-order chi connectivity index (χ1) is 15.2. The average molecular weight is 453 g/mol. The van der Waals surface area contributed by atoms with Crippen molar-refractivity contribution in [2.45, 2.75) is 44.8 Å². The van der Waals surface area contributed by atoms with Gasteiger partial charge in [0.2, 0.25) is 0 Å². The van der Waals surface area contributed by atoms with Crippen LogP contribution in [-0.2, 0) is 23.9 Å². The van der Waals surface area contributed by atoms with Crippen LogP contribution in [0.25, 0.3) is 0 Å². The van der Waals surface area contributed by atoms with Crippen LogP contribution in [0.3, 0.4) is 0 Å². The Morgan fingerprint density at radius 1 is 1.09 bits per heavy atom. The highest BCUT2D eigenvalue weighted by atomic mass is 19.4. The van der Waals surface area contributed by atoms with Crippen molar-refractivity contribution >= 4 is 5.97 Å². The maximum atomic E-state index is 13.9. The molecule has 4 rings (SSSR count). The maximum absolute atomic E-state index is 13.9. The van der Waals surface area contributed by atoms with Crippen LogP contribution in [0, 0.1) is 11.7 Å². The van der Waals surface area contributed by atoms with E-state index in [9.17, 15) is 22.4 Å². The molecular formula is C24H27F4NO3. The molecule has 0 radical (unpaired) electrons. The van der Waals surface area contributed by atoms with Crippen molar-refractivity contribution in [3.8, 4) is 5.75 Å². The van der Waals surface area contributed by atoms with E-state index in [1.165, 1.54) is 19.3 Å². The maximum Gasteiger partial charge on any atom is 0.416 e. The molecule has 0 spiro atoms. The Hall–Kier alpha value is -2.61. The van der Waals surface area contributed by atoms with Crippen LogP contribution < -0.4 is 4.74 Å². The highest BCUT2D eigenvalue weighted by Crippen LogP contribution is 2.34. The standard InChI is InChI=1S/C21H21F4NO3.C3H6/c22-19-6-2-5-18(21(23,24)25)17(19)12-26-10-15(11-26)13-29-16-4-1-3-14(9-16)7-8-20(27)28;1-2-3-1/h1-6,9,15H,7-8,10-13H2,(H,27,28);1-3H2. The van der Waals surface area contributed by atoms with E-state index in [2.05, 4.69) is 0 Å². The van der Waals surface area contributed by atoms with Crippen LogP contribution in [0.1, 0.15) is 42.4 Å². The summed E-state index contributed by atoms with van der Waals surface area (Å²) < 4.78 is 58.9. The van der Waals surface area contributed by atoms with Crippen molar-refractivity contribution in [2.24, 2.45) is 5.92 Å². The van der Waals surface area contributed by atoms with Gasteiger partial charge in [0, 0.05) is 37.5 Å². The summed E-state index contributed by atoms with van der Waals surface area (Å²) in [4.78, 5) is 12.4. The van der Waals surface area contributed by atoms with E-state index < -0.39 is 23.5 Å². The fraction of sp³-hybridized carbons (Fsp3) is 0.458. The van der Waals surface area contributed by atoms with Crippen molar-refractivity contribution in [3.63, 3.8) is 0 Å². The van der Waals surface area contributed by atoms with E-state index in [0.29, 0.717) is 31.9 Å². The first-order valence-electron chi connectivity index (χ1n) is 10.7. The number of aliphatic carboxylic acids is 1. The van der Waals surface area contributed by atoms with Crippen LogP contribution in [0.2, 0.25) is 0 Å². The molecule has 1 aliphatic heterocycles. The van der Waals surface area contributed by atoms with Crippen LogP contribution in [0.15, 0.2) is 42.5 Å². The second-order valence-corrected chi connectivity index (χ2v) is 8.24. The molecule has 0 amide bonds. The van der Waals surface area contributed by atoms with Gasteiger partial charge in [0.15, 0.2) is 0 Å². The molecule has 1 heterocycles. The van der Waals surface area contributed by atoms with E-state index in [1.807, 2.05) is 6.07 Å². The lowest BCUT2D eigenvalue weighted by Crippen LogP contribution is -2.48. The Bertz CT molecular complexity index is 906. The molecule has 0 bridgehead atoms. The molecule has 2 aromatic rings. The number of rotatable bonds is 8. The predicted molar refractivity (Wildman–Crippen MR) is 112 cm³/mol. The molecule has 1 saturated carbocycles. The molecule has 1 saturated heterocycles. The van der Waals surface area contributed by atoms with E-state index in [4.69, 9.17) is 9.84 Å². The van der Waals surface area contributed by atoms with Crippen molar-refractivity contribution in [1.82, 2.24) is 4.90 Å². The van der Waals surface area contributed by atoms with Gasteiger partial charge in [-0.1, -0.05) is 37.5 Å². The second kappa shape index (κ2) is 10.8. The van der Waals surface area contributed by atoms with Crippen LogP contribution in [0.4, 0.5) is 17.6 Å². The molecule has 2 fully saturated rings. The molecular weight excluding hydrogens is 426 g/mol. The number of hydrogen-bond acceptors (Lipinski definition) is 3. The fourth-order valence-electron chi connectivity index (χ4n) is 3.38. The van der Waals surface area contributed by atoms with E-state index >= 15 is 0 Å². The van der Waals surface area contributed by atoms with Gasteiger partial charge in [0.05, 0.1) is 12.2 Å². The number of benzene rings is 2. The van der Waals surface area contributed by atoms with Gasteiger partial charge in [-0.2, -0.15) is 13.2 Å². The van der Waals surface area contributed by atoms with Gasteiger partial charge in [-0.05, 0) is 36.2 Å². The Balaban J connectivity index is 0.000000887. The van der Waals surface area contributed by atoms with Crippen molar-refractivity contribution in [2.75, 3.05) is 19.7 Å². The lowest BCUT2D eigenvalue weighted by atomic mass is 9.98. The Morgan fingerprint density at radius 3 is 2.41 bits per heavy atom. The van der Waals surface area contributed by atoms with E-state index in [1.54, 1.807) is 23.1 Å². The molecule has 4 nitrogen and oxygen atoms in total. The van der Waals surface area contributed by atoms with Gasteiger partial charge in [0.1, 0.15) is 11.6 Å². The largest absolute Gasteiger partial charge is 0.493 e. The summed E-state index contributed by atoms with van der Waals surface area (Å²) in [6.07, 6.45) is 0.362. The zero-order valence-corrected chi connectivity index (χ0v) is 17.7. The summed E-state index contributed by atoms with van der Waals surface area (Å²) in [5.74, 6) is -0.953. The van der Waals surface area contributed by atoms with Gasteiger partial charge in [-0.15, -0.1) is 0 Å². The normalized spacial score (nSPS) is 16.0. The highest BCUT2D eigenvalue weighted by Gasteiger charge is 2.36. The minimum atomic E-state index is -4.59. The SMILES string of the molecule is C1CC1.O=C(O)CCc1cccc(OCC2CN(Cc3c(F)cccc3C(F)(F)F)C2)c1. The number of alkyl halides is 3. The third kappa shape index (κ3) is 7.51. The minimum Gasteiger partial charge on any atom is -0.493 e. The summed E-state index contributed by atoms with van der Waals surface area (Å²) in [7, 11) is 0. The number of carbonyl (C=O) groups is 1. The van der Waals surface area contributed by atoms with Gasteiger partial charge >= 0.3 is 12.1 Å². The first kappa shape index (κ1) is 24.0. The number of nitrogens with zero attached hydrogens (tertiary/aromatic N) is 1. The quantitative estimate of drug-likeness (QED) is 0.533. The average Bonchev–Trinajstić information content (AvgIpc) is 3.58. The third-order valence-corrected chi connectivity index (χ3v) is 5.20. The molecule has 1 aliphatic carbocycles. The lowest BCUT2D eigenvalue weighted by Gasteiger charge is -2.39. The summed E-state index contributed by atoms with van der Waals surface area (Å²) in [6.45, 7) is 1.33. The molecule has 2 aromatic carbocycles. The molecule has 2 aliphatic rings. The Kier molecular flexibility index (Phi) is 8.12. The van der Waals surface area contributed by atoms with Gasteiger partial charge in [-0.3, -0.25) is 9.69 Å². The number of aryl methyl sites for hydroxylation is 1. The third-order valence-electron chi connectivity index (χ3n) is 5.20. The highest BCUT2D eigenvalue weighted by molar-refractivity contribution is 5.67. The Morgan fingerprint density at radius 2 is 1.78 bits per heavy atom. The van der Waals surface area contributed by atoms with Crippen molar-refractivity contribution in [1.29, 1.82) is 0 Å². The fourth-order valence-corrected chi connectivity index (χ4v) is 3.38. The number of halogens is 4. The summed E-state index contributed by atoms with van der Waals surface area (Å²) in [5, 5.41) is 8.75. The van der Waals surface area contributed by atoms with Gasteiger partial charge < -0.3 is 9.84 Å². The zero-order valence-electron chi connectivity index (χ0n) is 17.7. The van der Waals surface area contributed by atoms with E-state index in [-0.39, 0.29) is 24.4 Å². The van der Waals surface area contributed by atoms with Gasteiger partial charge in [0.25, 0.3) is 0 Å². The summed E-state index contributed by atoms with van der Waals surface area (Å²) in [5.41, 5.74) is -0.403. The predicted octanol–water partition coefficient (Wildman–Crippen LogP) is 5.54. The summed E-state index contributed by atoms with van der Waals surface area (Å²) >= 11 is 0. The molecule has 32 heavy (non-hydrogen) atoms. The van der Waals surface area contributed by atoms with Crippen molar-refractivity contribution in [3.05, 3.63) is 65.0 Å². The molecule has 1 N–H and O–H groups in total. The zero-order chi connectivity index (χ0) is 23.1. The smallest absolute Gasteiger partial charge is 0.416 e. The molecule has 0 unspecified atom stereocenters. The Labute approximate surface area is 184 Å². The molecule has 0 atom stereocenters. The first-order valence-corrected chi connectivity index (χ1v) is 10.7. The summed E-state index contributed by atoms with van der Waals surface area (Å²) in [6, 6.07) is 10.2. The van der Waals surface area contributed by atoms with Crippen LogP contribution in [0.5, 0.6) is 5.75 Å². The number of likely N-dealkylation sites (tertiary alicyclic amines) is 1.